The molecule has 2 aliphatic rings. The van der Waals surface area contributed by atoms with Crippen LogP contribution >= 0.6 is 0 Å². The molecule has 3 nitrogen and oxygen atoms in total. The van der Waals surface area contributed by atoms with E-state index in [1.807, 2.05) is 11.2 Å². The fraction of sp³-hybridized carbons (Fsp3) is 0.769. The lowest BCUT2D eigenvalue weighted by Gasteiger charge is -2.25. The number of rotatable bonds is 2. The zero-order valence-electron chi connectivity index (χ0n) is 10.5. The van der Waals surface area contributed by atoms with Crippen molar-refractivity contribution in [2.75, 3.05) is 26.3 Å². The molecule has 0 aromatic carbocycles. The van der Waals surface area contributed by atoms with E-state index in [2.05, 4.69) is 5.73 Å². The highest BCUT2D eigenvalue weighted by Crippen LogP contribution is 2.22. The van der Waals surface area contributed by atoms with Crippen molar-refractivity contribution in [3.63, 3.8) is 0 Å². The molecule has 2 fully saturated rings. The molecule has 0 spiro atoms. The quantitative estimate of drug-likeness (QED) is 0.709. The van der Waals surface area contributed by atoms with Gasteiger partial charge in [0.25, 0.3) is 0 Å². The standard InChI is InChI=1S/C13H21NO2S/c1-12(11-13-5-3-2-4-6-13)17(15)14-7-9-16-10-8-14/h2-10H2,1H3. The van der Waals surface area contributed by atoms with Crippen LogP contribution in [0.15, 0.2) is 16.2 Å². The first-order valence-corrected chi connectivity index (χ1v) is 7.58. The highest BCUT2D eigenvalue weighted by atomic mass is 32.2. The van der Waals surface area contributed by atoms with Gasteiger partial charge in [0, 0.05) is 13.1 Å². The summed E-state index contributed by atoms with van der Waals surface area (Å²) in [7, 11) is -1.01. The lowest BCUT2D eigenvalue weighted by Crippen LogP contribution is -2.37. The van der Waals surface area contributed by atoms with E-state index in [0.29, 0.717) is 13.2 Å². The monoisotopic (exact) mass is 255 g/mol. The van der Waals surface area contributed by atoms with Crippen molar-refractivity contribution in [1.82, 2.24) is 4.31 Å². The van der Waals surface area contributed by atoms with Crippen molar-refractivity contribution in [3.8, 4) is 0 Å². The van der Waals surface area contributed by atoms with E-state index in [1.165, 1.54) is 24.8 Å². The molecule has 1 heterocycles. The smallest absolute Gasteiger partial charge is 0.131 e. The van der Waals surface area contributed by atoms with Gasteiger partial charge in [0.1, 0.15) is 11.0 Å². The lowest BCUT2D eigenvalue weighted by atomic mass is 9.96. The molecule has 0 amide bonds. The molecule has 1 saturated heterocycles. The Morgan fingerprint density at radius 3 is 2.53 bits per heavy atom. The van der Waals surface area contributed by atoms with E-state index in [9.17, 15) is 4.21 Å². The third-order valence-electron chi connectivity index (χ3n) is 3.28. The first-order valence-electron chi connectivity index (χ1n) is 6.47. The van der Waals surface area contributed by atoms with Crippen LogP contribution in [0.5, 0.6) is 0 Å². The average Bonchev–Trinajstić information content (AvgIpc) is 2.40. The van der Waals surface area contributed by atoms with E-state index < -0.39 is 11.0 Å². The van der Waals surface area contributed by atoms with Crippen molar-refractivity contribution in [3.05, 3.63) is 16.2 Å². The molecule has 17 heavy (non-hydrogen) atoms. The van der Waals surface area contributed by atoms with Gasteiger partial charge in [0.05, 0.1) is 18.1 Å². The highest BCUT2D eigenvalue weighted by Gasteiger charge is 2.18. The summed E-state index contributed by atoms with van der Waals surface area (Å²) in [5.41, 5.74) is 4.72. The van der Waals surface area contributed by atoms with Gasteiger partial charge < -0.3 is 4.74 Å². The van der Waals surface area contributed by atoms with E-state index in [4.69, 9.17) is 4.74 Å². The Balaban J connectivity index is 2.04. The molecule has 0 bridgehead atoms. The van der Waals surface area contributed by atoms with Crippen molar-refractivity contribution in [1.29, 1.82) is 0 Å². The number of hydrogen-bond donors (Lipinski definition) is 0. The number of hydrogen-bond acceptors (Lipinski definition) is 2. The van der Waals surface area contributed by atoms with E-state index >= 15 is 0 Å². The Kier molecular flexibility index (Phi) is 4.99. The Morgan fingerprint density at radius 2 is 1.88 bits per heavy atom. The topological polar surface area (TPSA) is 29.5 Å². The second kappa shape index (κ2) is 6.50. The molecule has 1 saturated carbocycles. The van der Waals surface area contributed by atoms with Gasteiger partial charge in [0.2, 0.25) is 0 Å². The molecule has 4 heteroatoms. The van der Waals surface area contributed by atoms with Crippen LogP contribution in [-0.2, 0) is 15.7 Å². The summed E-state index contributed by atoms with van der Waals surface area (Å²) in [5, 5.41) is 0. The Labute approximate surface area is 106 Å². The van der Waals surface area contributed by atoms with Gasteiger partial charge in [-0.05, 0) is 38.2 Å². The zero-order valence-corrected chi connectivity index (χ0v) is 11.4. The van der Waals surface area contributed by atoms with Crippen LogP contribution in [0.1, 0.15) is 39.0 Å². The van der Waals surface area contributed by atoms with Gasteiger partial charge in [0.15, 0.2) is 0 Å². The summed E-state index contributed by atoms with van der Waals surface area (Å²) in [6, 6.07) is 0. The summed E-state index contributed by atoms with van der Waals surface area (Å²) in [6.07, 6.45) is 6.13. The maximum Gasteiger partial charge on any atom is 0.131 e. The normalized spacial score (nSPS) is 24.2. The lowest BCUT2D eigenvalue weighted by molar-refractivity contribution is 0.0755. The van der Waals surface area contributed by atoms with Crippen molar-refractivity contribution in [2.45, 2.75) is 39.0 Å². The third-order valence-corrected chi connectivity index (χ3v) is 4.74. The van der Waals surface area contributed by atoms with E-state index in [-0.39, 0.29) is 0 Å². The molecule has 1 unspecified atom stereocenters. The van der Waals surface area contributed by atoms with Crippen LogP contribution in [-0.4, -0.2) is 34.8 Å². The fourth-order valence-electron chi connectivity index (χ4n) is 2.30. The van der Waals surface area contributed by atoms with Gasteiger partial charge in [-0.15, -0.1) is 5.73 Å². The SMILES string of the molecule is CC(=C=C1CCCCC1)S(=O)N1CCOCC1. The minimum absolute atomic E-state index is 0.690. The zero-order chi connectivity index (χ0) is 12.1. The van der Waals surface area contributed by atoms with Crippen LogP contribution < -0.4 is 0 Å². The molecular formula is C13H21NO2S. The third kappa shape index (κ3) is 3.78. The van der Waals surface area contributed by atoms with Crippen LogP contribution in [0.4, 0.5) is 0 Å². The average molecular weight is 255 g/mol. The van der Waals surface area contributed by atoms with Crippen LogP contribution in [0, 0.1) is 0 Å². The Bertz CT molecular complexity index is 344. The molecule has 1 aliphatic carbocycles. The van der Waals surface area contributed by atoms with Crippen LogP contribution in [0.25, 0.3) is 0 Å². The maximum atomic E-state index is 12.2. The summed E-state index contributed by atoms with van der Waals surface area (Å²) < 4.78 is 19.5. The first kappa shape index (κ1) is 13.0. The molecule has 0 radical (unpaired) electrons. The Hall–Kier alpha value is -0.410. The van der Waals surface area contributed by atoms with Crippen LogP contribution in [0.2, 0.25) is 0 Å². The van der Waals surface area contributed by atoms with Crippen molar-refractivity contribution in [2.24, 2.45) is 0 Å². The number of morpholine rings is 1. The molecule has 0 N–H and O–H groups in total. The molecule has 2 rings (SSSR count). The number of ether oxygens (including phenoxy) is 1. The predicted octanol–water partition coefficient (Wildman–Crippen LogP) is 2.38. The summed E-state index contributed by atoms with van der Waals surface area (Å²) in [5.74, 6) is 0. The maximum absolute atomic E-state index is 12.2. The van der Waals surface area contributed by atoms with Crippen LogP contribution in [0.3, 0.4) is 0 Å². The predicted molar refractivity (Wildman–Crippen MR) is 69.8 cm³/mol. The fourth-order valence-corrected chi connectivity index (χ4v) is 3.40. The summed E-state index contributed by atoms with van der Waals surface area (Å²) in [6.45, 7) is 4.85. The Morgan fingerprint density at radius 1 is 1.24 bits per heavy atom. The molecule has 0 aromatic heterocycles. The van der Waals surface area contributed by atoms with Gasteiger partial charge in [-0.1, -0.05) is 6.42 Å². The minimum atomic E-state index is -1.01. The minimum Gasteiger partial charge on any atom is -0.379 e. The van der Waals surface area contributed by atoms with Gasteiger partial charge in [-0.3, -0.25) is 0 Å². The highest BCUT2D eigenvalue weighted by molar-refractivity contribution is 7.86. The molecule has 96 valence electrons. The molecular weight excluding hydrogens is 234 g/mol. The van der Waals surface area contributed by atoms with Crippen molar-refractivity contribution >= 4 is 11.0 Å². The number of nitrogens with zero attached hydrogens (tertiary/aromatic N) is 1. The summed E-state index contributed by atoms with van der Waals surface area (Å²) in [4.78, 5) is 0.879. The second-order valence-electron chi connectivity index (χ2n) is 4.64. The second-order valence-corrected chi connectivity index (χ2v) is 6.26. The largest absolute Gasteiger partial charge is 0.379 e. The van der Waals surface area contributed by atoms with Gasteiger partial charge >= 0.3 is 0 Å². The van der Waals surface area contributed by atoms with E-state index in [0.717, 1.165) is 30.8 Å². The number of allylic oxidation sites excluding steroid dienone is 1. The first-order chi connectivity index (χ1) is 8.27. The van der Waals surface area contributed by atoms with Gasteiger partial charge in [-0.25, -0.2) is 8.51 Å². The van der Waals surface area contributed by atoms with Gasteiger partial charge in [-0.2, -0.15) is 0 Å². The molecule has 1 aliphatic heterocycles. The van der Waals surface area contributed by atoms with Crippen molar-refractivity contribution < 1.29 is 8.95 Å². The summed E-state index contributed by atoms with van der Waals surface area (Å²) >= 11 is 0. The molecule has 1 atom stereocenters. The van der Waals surface area contributed by atoms with E-state index in [1.54, 1.807) is 0 Å². The molecule has 0 aromatic rings.